The second-order valence-electron chi connectivity index (χ2n) is 5.26. The molecule has 4 heteroatoms. The van der Waals surface area contributed by atoms with Gasteiger partial charge in [-0.25, -0.2) is 0 Å². The molecule has 0 aromatic carbocycles. The first kappa shape index (κ1) is 14.0. The smallest absolute Gasteiger partial charge is 0.193 e. The maximum absolute atomic E-state index is 5.33. The summed E-state index contributed by atoms with van der Waals surface area (Å²) in [5.74, 6) is 2.83. The molecule has 0 spiro atoms. The van der Waals surface area contributed by atoms with Gasteiger partial charge in [-0.05, 0) is 37.8 Å². The van der Waals surface area contributed by atoms with Crippen LogP contribution in [0, 0.1) is 5.92 Å². The van der Waals surface area contributed by atoms with E-state index in [1.165, 1.54) is 12.8 Å². The molecule has 19 heavy (non-hydrogen) atoms. The Kier molecular flexibility index (Phi) is 5.31. The third-order valence-corrected chi connectivity index (χ3v) is 3.49. The Morgan fingerprint density at radius 3 is 3.16 bits per heavy atom. The molecule has 1 atom stereocenters. The molecule has 1 aromatic rings. The van der Waals surface area contributed by atoms with Crippen LogP contribution in [-0.4, -0.2) is 37.0 Å². The molecule has 1 N–H and O–H groups in total. The summed E-state index contributed by atoms with van der Waals surface area (Å²) in [4.78, 5) is 7.11. The molecule has 2 rings (SSSR count). The van der Waals surface area contributed by atoms with E-state index in [1.807, 2.05) is 12.1 Å². The molecular weight excluding hydrogens is 238 g/mol. The van der Waals surface area contributed by atoms with Gasteiger partial charge in [0.05, 0.1) is 6.26 Å². The topological polar surface area (TPSA) is 40.8 Å². The largest absolute Gasteiger partial charge is 0.469 e. The molecular formula is C15H25N3O. The quantitative estimate of drug-likeness (QED) is 0.670. The van der Waals surface area contributed by atoms with Gasteiger partial charge < -0.3 is 14.6 Å². The lowest BCUT2D eigenvalue weighted by Gasteiger charge is -2.33. The Balaban J connectivity index is 1.90. The van der Waals surface area contributed by atoms with Crippen molar-refractivity contribution in [2.75, 3.05) is 26.2 Å². The number of aliphatic imine (C=N–C) groups is 1. The van der Waals surface area contributed by atoms with Crippen molar-refractivity contribution in [3.8, 4) is 0 Å². The maximum Gasteiger partial charge on any atom is 0.193 e. The highest BCUT2D eigenvalue weighted by molar-refractivity contribution is 5.80. The van der Waals surface area contributed by atoms with E-state index in [9.17, 15) is 0 Å². The van der Waals surface area contributed by atoms with E-state index in [1.54, 1.807) is 6.26 Å². The first-order valence-corrected chi connectivity index (χ1v) is 7.35. The lowest BCUT2D eigenvalue weighted by atomic mass is 10.0. The summed E-state index contributed by atoms with van der Waals surface area (Å²) in [7, 11) is 0. The van der Waals surface area contributed by atoms with E-state index in [4.69, 9.17) is 9.41 Å². The number of rotatable bonds is 4. The van der Waals surface area contributed by atoms with Gasteiger partial charge in [0.2, 0.25) is 0 Å². The molecule has 0 amide bonds. The molecule has 0 radical (unpaired) electrons. The zero-order valence-electron chi connectivity index (χ0n) is 12.1. The number of piperidine rings is 1. The van der Waals surface area contributed by atoms with E-state index in [-0.39, 0.29) is 0 Å². The fourth-order valence-corrected chi connectivity index (χ4v) is 2.53. The second-order valence-corrected chi connectivity index (χ2v) is 5.26. The molecule has 0 bridgehead atoms. The van der Waals surface area contributed by atoms with E-state index >= 15 is 0 Å². The Bertz CT molecular complexity index is 386. The van der Waals surface area contributed by atoms with Crippen molar-refractivity contribution in [3.63, 3.8) is 0 Å². The molecule has 0 aliphatic carbocycles. The van der Waals surface area contributed by atoms with Crippen LogP contribution in [0.3, 0.4) is 0 Å². The maximum atomic E-state index is 5.33. The molecule has 1 aromatic heterocycles. The normalized spacial score (nSPS) is 20.6. The summed E-state index contributed by atoms with van der Waals surface area (Å²) >= 11 is 0. The number of hydrogen-bond donors (Lipinski definition) is 1. The number of likely N-dealkylation sites (tertiary alicyclic amines) is 1. The van der Waals surface area contributed by atoms with Crippen LogP contribution >= 0.6 is 0 Å². The number of nitrogens with one attached hydrogen (secondary N) is 1. The fraction of sp³-hybridized carbons (Fsp3) is 0.667. The molecule has 1 fully saturated rings. The van der Waals surface area contributed by atoms with Crippen LogP contribution in [0.2, 0.25) is 0 Å². The van der Waals surface area contributed by atoms with Crippen molar-refractivity contribution >= 4 is 5.96 Å². The molecule has 106 valence electrons. The van der Waals surface area contributed by atoms with Crippen LogP contribution in [0.25, 0.3) is 0 Å². The van der Waals surface area contributed by atoms with Gasteiger partial charge in [0.1, 0.15) is 5.76 Å². The van der Waals surface area contributed by atoms with E-state index in [0.29, 0.717) is 0 Å². The molecule has 1 saturated heterocycles. The highest BCUT2D eigenvalue weighted by atomic mass is 16.3. The minimum atomic E-state index is 0.766. The third kappa shape index (κ3) is 4.30. The predicted molar refractivity (Wildman–Crippen MR) is 78.4 cm³/mol. The molecule has 4 nitrogen and oxygen atoms in total. The molecule has 1 unspecified atom stereocenters. The fourth-order valence-electron chi connectivity index (χ4n) is 2.53. The molecule has 2 heterocycles. The van der Waals surface area contributed by atoms with Gasteiger partial charge in [-0.2, -0.15) is 0 Å². The zero-order valence-corrected chi connectivity index (χ0v) is 12.1. The highest BCUT2D eigenvalue weighted by Gasteiger charge is 2.18. The standard InChI is InChI=1S/C15H25N3O/c1-3-16-15(18-10-4-6-13(2)12-18)17-9-8-14-7-5-11-19-14/h5,7,11,13H,3-4,6,8-10,12H2,1-2H3,(H,16,17). The Hall–Kier alpha value is -1.45. The van der Waals surface area contributed by atoms with Crippen LogP contribution in [0.5, 0.6) is 0 Å². The van der Waals surface area contributed by atoms with Gasteiger partial charge in [0.25, 0.3) is 0 Å². The minimum Gasteiger partial charge on any atom is -0.469 e. The van der Waals surface area contributed by atoms with E-state index < -0.39 is 0 Å². The van der Waals surface area contributed by atoms with Crippen molar-refractivity contribution in [2.45, 2.75) is 33.1 Å². The van der Waals surface area contributed by atoms with E-state index in [2.05, 4.69) is 24.1 Å². The average Bonchev–Trinajstić information content (AvgIpc) is 2.91. The lowest BCUT2D eigenvalue weighted by Crippen LogP contribution is -2.46. The van der Waals surface area contributed by atoms with Crippen LogP contribution in [-0.2, 0) is 6.42 Å². The predicted octanol–water partition coefficient (Wildman–Crippen LogP) is 2.52. The Labute approximate surface area is 115 Å². The van der Waals surface area contributed by atoms with Gasteiger partial charge in [0, 0.05) is 32.6 Å². The van der Waals surface area contributed by atoms with Crippen molar-refractivity contribution in [1.82, 2.24) is 10.2 Å². The van der Waals surface area contributed by atoms with Crippen molar-refractivity contribution in [2.24, 2.45) is 10.9 Å². The average molecular weight is 263 g/mol. The summed E-state index contributed by atoms with van der Waals surface area (Å²) in [6, 6.07) is 3.93. The Morgan fingerprint density at radius 1 is 1.58 bits per heavy atom. The lowest BCUT2D eigenvalue weighted by molar-refractivity contribution is 0.266. The highest BCUT2D eigenvalue weighted by Crippen LogP contribution is 2.15. The second kappa shape index (κ2) is 7.22. The van der Waals surface area contributed by atoms with Crippen LogP contribution in [0.1, 0.15) is 32.4 Å². The first-order chi connectivity index (χ1) is 9.29. The SMILES string of the molecule is CCNC(=NCCc1ccco1)N1CCCC(C)C1. The third-order valence-electron chi connectivity index (χ3n) is 3.49. The van der Waals surface area contributed by atoms with Gasteiger partial charge in [-0.15, -0.1) is 0 Å². The molecule has 0 saturated carbocycles. The van der Waals surface area contributed by atoms with Gasteiger partial charge in [-0.1, -0.05) is 6.92 Å². The summed E-state index contributed by atoms with van der Waals surface area (Å²) in [5.41, 5.74) is 0. The van der Waals surface area contributed by atoms with Crippen molar-refractivity contribution in [1.29, 1.82) is 0 Å². The number of nitrogens with zero attached hydrogens (tertiary/aromatic N) is 2. The van der Waals surface area contributed by atoms with Crippen LogP contribution < -0.4 is 5.32 Å². The summed E-state index contributed by atoms with van der Waals surface area (Å²) in [5, 5.41) is 3.40. The summed E-state index contributed by atoms with van der Waals surface area (Å²) in [6.07, 6.45) is 5.19. The van der Waals surface area contributed by atoms with Gasteiger partial charge >= 0.3 is 0 Å². The zero-order chi connectivity index (χ0) is 13.5. The first-order valence-electron chi connectivity index (χ1n) is 7.35. The number of guanidine groups is 1. The van der Waals surface area contributed by atoms with Gasteiger partial charge in [0.15, 0.2) is 5.96 Å². The monoisotopic (exact) mass is 263 g/mol. The number of furan rings is 1. The van der Waals surface area contributed by atoms with Crippen LogP contribution in [0.15, 0.2) is 27.8 Å². The minimum absolute atomic E-state index is 0.766. The van der Waals surface area contributed by atoms with Crippen LogP contribution in [0.4, 0.5) is 0 Å². The van der Waals surface area contributed by atoms with E-state index in [0.717, 1.165) is 50.2 Å². The summed E-state index contributed by atoms with van der Waals surface area (Å²) < 4.78 is 5.33. The summed E-state index contributed by atoms with van der Waals surface area (Å²) in [6.45, 7) is 8.38. The molecule has 1 aliphatic rings. The van der Waals surface area contributed by atoms with Crippen molar-refractivity contribution in [3.05, 3.63) is 24.2 Å². The van der Waals surface area contributed by atoms with Crippen molar-refractivity contribution < 1.29 is 4.42 Å². The number of hydrogen-bond acceptors (Lipinski definition) is 2. The van der Waals surface area contributed by atoms with Gasteiger partial charge in [-0.3, -0.25) is 4.99 Å². The molecule has 1 aliphatic heterocycles. The Morgan fingerprint density at radius 2 is 2.47 bits per heavy atom.